The van der Waals surface area contributed by atoms with Gasteiger partial charge in [0.25, 0.3) is 0 Å². The van der Waals surface area contributed by atoms with Crippen molar-refractivity contribution in [1.29, 1.82) is 0 Å². The molecule has 1 atom stereocenters. The van der Waals surface area contributed by atoms with E-state index in [1.54, 1.807) is 11.3 Å². The molecule has 1 aliphatic heterocycles. The van der Waals surface area contributed by atoms with Gasteiger partial charge >= 0.3 is 0 Å². The summed E-state index contributed by atoms with van der Waals surface area (Å²) in [6, 6.07) is 0.276. The molecule has 8 heteroatoms. The lowest BCUT2D eigenvalue weighted by Crippen LogP contribution is -2.45. The first-order valence-electron chi connectivity index (χ1n) is 10.5. The summed E-state index contributed by atoms with van der Waals surface area (Å²) in [5, 5.41) is 7.88. The number of guanidine groups is 1. The molecule has 1 aliphatic carbocycles. The first kappa shape index (κ1) is 23.4. The average Bonchev–Trinajstić information content (AvgIpc) is 3.36. The summed E-state index contributed by atoms with van der Waals surface area (Å²) in [5.74, 6) is 1.45. The predicted octanol–water partition coefficient (Wildman–Crippen LogP) is 3.56. The molecule has 1 amide bonds. The summed E-state index contributed by atoms with van der Waals surface area (Å²) in [7, 11) is 0. The van der Waals surface area contributed by atoms with Crippen LogP contribution >= 0.6 is 35.3 Å². The number of carbonyl (C=O) groups excluding carboxylic acids is 1. The average molecular weight is 519 g/mol. The Morgan fingerprint density at radius 2 is 2.07 bits per heavy atom. The Bertz CT molecular complexity index is 644. The molecular weight excluding hydrogens is 485 g/mol. The summed E-state index contributed by atoms with van der Waals surface area (Å²) >= 11 is 1.73. The number of amides is 1. The first-order chi connectivity index (χ1) is 13.2. The predicted molar refractivity (Wildman–Crippen MR) is 126 cm³/mol. The van der Waals surface area contributed by atoms with Crippen LogP contribution < -0.4 is 10.6 Å². The highest BCUT2D eigenvalue weighted by atomic mass is 127. The fourth-order valence-electron chi connectivity index (χ4n) is 3.93. The molecule has 1 saturated carbocycles. The van der Waals surface area contributed by atoms with Crippen LogP contribution in [0.25, 0.3) is 0 Å². The van der Waals surface area contributed by atoms with Crippen molar-refractivity contribution < 1.29 is 4.79 Å². The Morgan fingerprint density at radius 3 is 2.75 bits per heavy atom. The maximum atomic E-state index is 12.7. The number of nitrogens with one attached hydrogen (secondary N) is 2. The number of aliphatic imine (C=N–C) groups is 1. The van der Waals surface area contributed by atoms with Gasteiger partial charge in [-0.3, -0.25) is 4.79 Å². The minimum absolute atomic E-state index is 0. The van der Waals surface area contributed by atoms with Crippen molar-refractivity contribution in [2.45, 2.75) is 71.4 Å². The van der Waals surface area contributed by atoms with Crippen LogP contribution in [-0.4, -0.2) is 47.4 Å². The highest BCUT2D eigenvalue weighted by Crippen LogP contribution is 2.26. The molecule has 0 radical (unpaired) electrons. The molecule has 158 valence electrons. The van der Waals surface area contributed by atoms with Crippen LogP contribution in [0, 0.1) is 5.92 Å². The van der Waals surface area contributed by atoms with Gasteiger partial charge in [0.1, 0.15) is 5.01 Å². The summed E-state index contributed by atoms with van der Waals surface area (Å²) in [4.78, 5) is 25.2. The maximum Gasteiger partial charge on any atom is 0.225 e. The number of aromatic nitrogens is 1. The second-order valence-electron chi connectivity index (χ2n) is 7.52. The SMILES string of the molecule is CCNC(=NCc1ncc(CC)s1)NC1CCN(C(=O)C2CCCCC2)C1.I. The van der Waals surface area contributed by atoms with E-state index in [0.29, 0.717) is 12.5 Å². The molecule has 2 fully saturated rings. The second kappa shape index (κ2) is 11.9. The molecule has 2 heterocycles. The minimum Gasteiger partial charge on any atom is -0.357 e. The number of rotatable bonds is 6. The molecule has 1 aromatic heterocycles. The van der Waals surface area contributed by atoms with E-state index in [4.69, 9.17) is 4.99 Å². The van der Waals surface area contributed by atoms with Gasteiger partial charge in [-0.1, -0.05) is 26.2 Å². The number of thiazole rings is 1. The van der Waals surface area contributed by atoms with E-state index in [1.165, 1.54) is 24.1 Å². The van der Waals surface area contributed by atoms with E-state index >= 15 is 0 Å². The third-order valence-electron chi connectivity index (χ3n) is 5.46. The molecular formula is C20H34IN5OS. The van der Waals surface area contributed by atoms with Gasteiger partial charge in [-0.15, -0.1) is 35.3 Å². The van der Waals surface area contributed by atoms with Crippen LogP contribution in [0.2, 0.25) is 0 Å². The van der Waals surface area contributed by atoms with Gasteiger partial charge < -0.3 is 15.5 Å². The zero-order valence-corrected chi connectivity index (χ0v) is 20.2. The van der Waals surface area contributed by atoms with Gasteiger partial charge in [0.05, 0.1) is 6.54 Å². The molecule has 0 spiro atoms. The molecule has 6 nitrogen and oxygen atoms in total. The standard InChI is InChI=1S/C20H33N5OS.HI/c1-3-17-12-22-18(27-17)13-23-20(21-4-2)24-16-10-11-25(14-16)19(26)15-8-6-5-7-9-15;/h12,15-16H,3-11,13-14H2,1-2H3,(H2,21,23,24);1H. The van der Waals surface area contributed by atoms with Crippen molar-refractivity contribution in [2.24, 2.45) is 10.9 Å². The molecule has 1 unspecified atom stereocenters. The summed E-state index contributed by atoms with van der Waals surface area (Å²) in [5.41, 5.74) is 0. The number of halogens is 1. The minimum atomic E-state index is 0. The van der Waals surface area contributed by atoms with Crippen LogP contribution in [0.1, 0.15) is 62.3 Å². The fraction of sp³-hybridized carbons (Fsp3) is 0.750. The van der Waals surface area contributed by atoms with E-state index < -0.39 is 0 Å². The van der Waals surface area contributed by atoms with Crippen molar-refractivity contribution in [1.82, 2.24) is 20.5 Å². The van der Waals surface area contributed by atoms with Crippen molar-refractivity contribution in [3.63, 3.8) is 0 Å². The van der Waals surface area contributed by atoms with Gasteiger partial charge in [0, 0.05) is 42.7 Å². The molecule has 1 saturated heterocycles. The molecule has 0 bridgehead atoms. The Kier molecular flexibility index (Phi) is 9.98. The summed E-state index contributed by atoms with van der Waals surface area (Å²) in [6.07, 6.45) is 9.80. The van der Waals surface area contributed by atoms with E-state index in [9.17, 15) is 4.79 Å². The van der Waals surface area contributed by atoms with E-state index in [0.717, 1.165) is 56.3 Å². The van der Waals surface area contributed by atoms with Gasteiger partial charge in [-0.05, 0) is 32.6 Å². The normalized spacial score (nSPS) is 20.7. The van der Waals surface area contributed by atoms with Crippen LogP contribution in [-0.2, 0) is 17.8 Å². The van der Waals surface area contributed by atoms with Crippen molar-refractivity contribution in [2.75, 3.05) is 19.6 Å². The molecule has 2 aliphatic rings. The lowest BCUT2D eigenvalue weighted by molar-refractivity contribution is -0.135. The van der Waals surface area contributed by atoms with E-state index in [-0.39, 0.29) is 35.9 Å². The highest BCUT2D eigenvalue weighted by Gasteiger charge is 2.31. The molecule has 2 N–H and O–H groups in total. The van der Waals surface area contributed by atoms with Gasteiger partial charge in [0.15, 0.2) is 5.96 Å². The van der Waals surface area contributed by atoms with Gasteiger partial charge in [-0.25, -0.2) is 9.98 Å². The summed E-state index contributed by atoms with van der Waals surface area (Å²) < 4.78 is 0. The van der Waals surface area contributed by atoms with Gasteiger partial charge in [0.2, 0.25) is 5.91 Å². The fourth-order valence-corrected chi connectivity index (χ4v) is 4.72. The Labute approximate surface area is 190 Å². The zero-order valence-electron chi connectivity index (χ0n) is 17.1. The second-order valence-corrected chi connectivity index (χ2v) is 8.72. The van der Waals surface area contributed by atoms with Gasteiger partial charge in [-0.2, -0.15) is 0 Å². The number of hydrogen-bond acceptors (Lipinski definition) is 4. The van der Waals surface area contributed by atoms with Crippen LogP contribution in [0.4, 0.5) is 0 Å². The van der Waals surface area contributed by atoms with Crippen LogP contribution in [0.3, 0.4) is 0 Å². The van der Waals surface area contributed by atoms with Crippen molar-refractivity contribution >= 4 is 47.2 Å². The van der Waals surface area contributed by atoms with Crippen molar-refractivity contribution in [3.8, 4) is 0 Å². The van der Waals surface area contributed by atoms with Crippen LogP contribution in [0.15, 0.2) is 11.2 Å². The third-order valence-corrected chi connectivity index (χ3v) is 6.59. The molecule has 0 aromatic carbocycles. The smallest absolute Gasteiger partial charge is 0.225 e. The monoisotopic (exact) mass is 519 g/mol. The molecule has 1 aromatic rings. The number of carbonyl (C=O) groups is 1. The Balaban J connectivity index is 0.00000280. The molecule has 28 heavy (non-hydrogen) atoms. The lowest BCUT2D eigenvalue weighted by atomic mass is 9.88. The van der Waals surface area contributed by atoms with Crippen molar-refractivity contribution in [3.05, 3.63) is 16.1 Å². The van der Waals surface area contributed by atoms with E-state index in [2.05, 4.69) is 34.4 Å². The number of hydrogen-bond donors (Lipinski definition) is 2. The zero-order chi connectivity index (χ0) is 19.1. The maximum absolute atomic E-state index is 12.7. The number of nitrogens with zero attached hydrogens (tertiary/aromatic N) is 3. The number of likely N-dealkylation sites (tertiary alicyclic amines) is 1. The summed E-state index contributed by atoms with van der Waals surface area (Å²) in [6.45, 7) is 7.28. The number of aryl methyl sites for hydroxylation is 1. The van der Waals surface area contributed by atoms with Crippen LogP contribution in [0.5, 0.6) is 0 Å². The van der Waals surface area contributed by atoms with E-state index in [1.807, 2.05) is 6.20 Å². The third kappa shape index (κ3) is 6.57. The topological polar surface area (TPSA) is 69.6 Å². The highest BCUT2D eigenvalue weighted by molar-refractivity contribution is 14.0. The molecule has 3 rings (SSSR count). The first-order valence-corrected chi connectivity index (χ1v) is 11.3. The Hall–Kier alpha value is -0.900. The Morgan fingerprint density at radius 1 is 1.29 bits per heavy atom. The largest absolute Gasteiger partial charge is 0.357 e. The lowest BCUT2D eigenvalue weighted by Gasteiger charge is -2.26. The quantitative estimate of drug-likeness (QED) is 0.343.